The molecule has 0 unspecified atom stereocenters. The van der Waals surface area contributed by atoms with Gasteiger partial charge in [-0.1, -0.05) is 41.9 Å². The SMILES string of the molecule is Cn1c([C@@H](Cc2ccccc2)NS(=O)(=O)c2ccc(Cl)cc2)n[nH]c1=S. The first kappa shape index (κ1) is 18.8. The Morgan fingerprint density at radius 1 is 1.19 bits per heavy atom. The molecule has 3 rings (SSSR count). The standard InChI is InChI=1S/C17H17ClN4O2S2/c1-22-16(19-20-17(22)25)15(11-12-5-3-2-4-6-12)21-26(23,24)14-9-7-13(18)8-10-14/h2-10,15,21H,11H2,1H3,(H,20,25)/t15-/m1/s1. The van der Waals surface area contributed by atoms with E-state index in [1.54, 1.807) is 11.6 Å². The summed E-state index contributed by atoms with van der Waals surface area (Å²) >= 11 is 11.0. The predicted octanol–water partition coefficient (Wildman–Crippen LogP) is 3.39. The maximum absolute atomic E-state index is 12.8. The zero-order chi connectivity index (χ0) is 18.7. The summed E-state index contributed by atoms with van der Waals surface area (Å²) in [4.78, 5) is 0.136. The minimum absolute atomic E-state index is 0.136. The molecule has 2 N–H and O–H groups in total. The first-order chi connectivity index (χ1) is 12.4. The van der Waals surface area contributed by atoms with Crippen LogP contribution in [0.5, 0.6) is 0 Å². The fraction of sp³-hybridized carbons (Fsp3) is 0.176. The fourth-order valence-corrected chi connectivity index (χ4v) is 4.03. The average Bonchev–Trinajstić information content (AvgIpc) is 2.95. The Labute approximate surface area is 161 Å². The number of hydrogen-bond donors (Lipinski definition) is 2. The van der Waals surface area contributed by atoms with Gasteiger partial charge in [0, 0.05) is 12.1 Å². The second-order valence-corrected chi connectivity index (χ2v) is 8.30. The van der Waals surface area contributed by atoms with Crippen LogP contribution in [0.3, 0.4) is 0 Å². The quantitative estimate of drug-likeness (QED) is 0.612. The van der Waals surface area contributed by atoms with Crippen LogP contribution in [0.15, 0.2) is 59.5 Å². The van der Waals surface area contributed by atoms with Crippen LogP contribution in [0.4, 0.5) is 0 Å². The Morgan fingerprint density at radius 2 is 1.85 bits per heavy atom. The van der Waals surface area contributed by atoms with E-state index in [-0.39, 0.29) is 4.90 Å². The first-order valence-electron chi connectivity index (χ1n) is 7.80. The van der Waals surface area contributed by atoms with Crippen molar-refractivity contribution in [3.05, 3.63) is 75.8 Å². The molecule has 3 aromatic rings. The zero-order valence-corrected chi connectivity index (χ0v) is 16.3. The average molecular weight is 409 g/mol. The van der Waals surface area contributed by atoms with Crippen molar-refractivity contribution in [2.45, 2.75) is 17.4 Å². The summed E-state index contributed by atoms with van der Waals surface area (Å²) in [6, 6.07) is 15.0. The van der Waals surface area contributed by atoms with Gasteiger partial charge in [-0.05, 0) is 48.5 Å². The number of aromatic nitrogens is 3. The molecule has 0 aliphatic carbocycles. The molecule has 0 fully saturated rings. The molecule has 1 aromatic heterocycles. The minimum Gasteiger partial charge on any atom is -0.306 e. The molecule has 1 atom stereocenters. The molecule has 2 aromatic carbocycles. The van der Waals surface area contributed by atoms with E-state index in [0.717, 1.165) is 5.56 Å². The molecule has 136 valence electrons. The van der Waals surface area contributed by atoms with Gasteiger partial charge >= 0.3 is 0 Å². The van der Waals surface area contributed by atoms with Crippen LogP contribution >= 0.6 is 23.8 Å². The van der Waals surface area contributed by atoms with E-state index >= 15 is 0 Å². The summed E-state index contributed by atoms with van der Waals surface area (Å²) in [7, 11) is -2.02. The number of halogens is 1. The van der Waals surface area contributed by atoms with Gasteiger partial charge < -0.3 is 4.57 Å². The minimum atomic E-state index is -3.76. The first-order valence-corrected chi connectivity index (χ1v) is 10.1. The van der Waals surface area contributed by atoms with Gasteiger partial charge in [-0.15, -0.1) is 0 Å². The smallest absolute Gasteiger partial charge is 0.241 e. The van der Waals surface area contributed by atoms with E-state index in [1.807, 2.05) is 30.3 Å². The van der Waals surface area contributed by atoms with Crippen molar-refractivity contribution in [3.8, 4) is 0 Å². The van der Waals surface area contributed by atoms with Gasteiger partial charge in [0.1, 0.15) is 5.82 Å². The van der Waals surface area contributed by atoms with Crippen LogP contribution in [0.2, 0.25) is 5.02 Å². The molecule has 0 bridgehead atoms. The van der Waals surface area contributed by atoms with Crippen molar-refractivity contribution >= 4 is 33.8 Å². The van der Waals surface area contributed by atoms with Gasteiger partial charge in [-0.2, -0.15) is 5.10 Å². The second kappa shape index (κ2) is 7.71. The summed E-state index contributed by atoms with van der Waals surface area (Å²) in [5.74, 6) is 0.511. The van der Waals surface area contributed by atoms with Crippen molar-refractivity contribution in [2.24, 2.45) is 7.05 Å². The normalized spacial score (nSPS) is 12.8. The number of nitrogens with one attached hydrogen (secondary N) is 2. The molecule has 0 aliphatic rings. The number of aromatic amines is 1. The zero-order valence-electron chi connectivity index (χ0n) is 13.9. The van der Waals surface area contributed by atoms with E-state index < -0.39 is 16.1 Å². The number of nitrogens with zero attached hydrogens (tertiary/aromatic N) is 2. The lowest BCUT2D eigenvalue weighted by atomic mass is 10.1. The number of H-pyrrole nitrogens is 1. The van der Waals surface area contributed by atoms with Crippen LogP contribution in [0.25, 0.3) is 0 Å². The molecule has 0 aliphatic heterocycles. The number of benzene rings is 2. The number of sulfonamides is 1. The largest absolute Gasteiger partial charge is 0.306 e. The van der Waals surface area contributed by atoms with E-state index in [1.165, 1.54) is 24.3 Å². The van der Waals surface area contributed by atoms with Gasteiger partial charge in [-0.25, -0.2) is 13.1 Å². The molecular formula is C17H17ClN4O2S2. The van der Waals surface area contributed by atoms with Crippen molar-refractivity contribution in [3.63, 3.8) is 0 Å². The molecule has 0 saturated carbocycles. The Bertz CT molecular complexity index is 1040. The highest BCUT2D eigenvalue weighted by Crippen LogP contribution is 2.21. The van der Waals surface area contributed by atoms with Gasteiger partial charge in [0.2, 0.25) is 10.0 Å². The molecule has 0 spiro atoms. The van der Waals surface area contributed by atoms with Crippen LogP contribution < -0.4 is 4.72 Å². The number of rotatable bonds is 6. The lowest BCUT2D eigenvalue weighted by molar-refractivity contribution is 0.533. The Kier molecular flexibility index (Phi) is 5.57. The summed E-state index contributed by atoms with van der Waals surface area (Å²) in [5, 5.41) is 7.37. The molecule has 0 amide bonds. The monoisotopic (exact) mass is 408 g/mol. The summed E-state index contributed by atoms with van der Waals surface area (Å²) < 4.78 is 30.4. The third-order valence-electron chi connectivity index (χ3n) is 3.93. The molecule has 6 nitrogen and oxygen atoms in total. The van der Waals surface area contributed by atoms with Crippen molar-refractivity contribution in [1.29, 1.82) is 0 Å². The summed E-state index contributed by atoms with van der Waals surface area (Å²) in [5.41, 5.74) is 0.977. The highest BCUT2D eigenvalue weighted by molar-refractivity contribution is 7.89. The van der Waals surface area contributed by atoms with E-state index in [2.05, 4.69) is 14.9 Å². The highest BCUT2D eigenvalue weighted by Gasteiger charge is 2.25. The molecule has 26 heavy (non-hydrogen) atoms. The van der Waals surface area contributed by atoms with Crippen LogP contribution in [-0.4, -0.2) is 23.2 Å². The predicted molar refractivity (Wildman–Crippen MR) is 103 cm³/mol. The van der Waals surface area contributed by atoms with E-state index in [9.17, 15) is 8.42 Å². The number of hydrogen-bond acceptors (Lipinski definition) is 4. The van der Waals surface area contributed by atoms with Gasteiger partial charge in [-0.3, -0.25) is 5.10 Å². The Hall–Kier alpha value is -2.00. The third-order valence-corrected chi connectivity index (χ3v) is 6.03. The van der Waals surface area contributed by atoms with Gasteiger partial charge in [0.15, 0.2) is 4.77 Å². The Morgan fingerprint density at radius 3 is 2.42 bits per heavy atom. The van der Waals surface area contributed by atoms with E-state index in [0.29, 0.717) is 22.0 Å². The van der Waals surface area contributed by atoms with Gasteiger partial charge in [0.05, 0.1) is 10.9 Å². The second-order valence-electron chi connectivity index (χ2n) is 5.76. The highest BCUT2D eigenvalue weighted by atomic mass is 35.5. The molecule has 0 saturated heterocycles. The lowest BCUT2D eigenvalue weighted by Crippen LogP contribution is -2.32. The van der Waals surface area contributed by atoms with Crippen molar-refractivity contribution in [2.75, 3.05) is 0 Å². The fourth-order valence-electron chi connectivity index (χ4n) is 2.58. The van der Waals surface area contributed by atoms with Crippen molar-refractivity contribution < 1.29 is 8.42 Å². The topological polar surface area (TPSA) is 79.8 Å². The van der Waals surface area contributed by atoms with Crippen LogP contribution in [0.1, 0.15) is 17.4 Å². The Balaban J connectivity index is 1.96. The van der Waals surface area contributed by atoms with E-state index in [4.69, 9.17) is 23.8 Å². The molecular weight excluding hydrogens is 392 g/mol. The van der Waals surface area contributed by atoms with Crippen LogP contribution in [-0.2, 0) is 23.5 Å². The molecule has 1 heterocycles. The maximum Gasteiger partial charge on any atom is 0.241 e. The van der Waals surface area contributed by atoms with Crippen molar-refractivity contribution in [1.82, 2.24) is 19.5 Å². The molecule has 0 radical (unpaired) electrons. The lowest BCUT2D eigenvalue weighted by Gasteiger charge is -2.18. The van der Waals surface area contributed by atoms with Crippen LogP contribution in [0, 0.1) is 4.77 Å². The third kappa shape index (κ3) is 4.21. The maximum atomic E-state index is 12.8. The summed E-state index contributed by atoms with van der Waals surface area (Å²) in [6.07, 6.45) is 0.432. The van der Waals surface area contributed by atoms with Gasteiger partial charge in [0.25, 0.3) is 0 Å². The molecule has 9 heteroatoms. The summed E-state index contributed by atoms with van der Waals surface area (Å²) in [6.45, 7) is 0.